The second-order valence-electron chi connectivity index (χ2n) is 6.19. The number of hydrogen-bond acceptors (Lipinski definition) is 3. The van der Waals surface area contributed by atoms with E-state index < -0.39 is 5.97 Å². The first-order chi connectivity index (χ1) is 13.4. The summed E-state index contributed by atoms with van der Waals surface area (Å²) in [6.45, 7) is 3.75. The summed E-state index contributed by atoms with van der Waals surface area (Å²) in [4.78, 5) is 23.7. The smallest absolute Gasteiger partial charge is 0.337 e. The van der Waals surface area contributed by atoms with Gasteiger partial charge in [-0.2, -0.15) is 5.10 Å². The van der Waals surface area contributed by atoms with E-state index in [-0.39, 0.29) is 11.5 Å². The van der Waals surface area contributed by atoms with Crippen LogP contribution in [-0.2, 0) is 0 Å². The Hall–Kier alpha value is -3.38. The van der Waals surface area contributed by atoms with Gasteiger partial charge in [0.05, 0.1) is 17.5 Å². The highest BCUT2D eigenvalue weighted by molar-refractivity contribution is 6.30. The zero-order valence-electron chi connectivity index (χ0n) is 15.3. The summed E-state index contributed by atoms with van der Waals surface area (Å²) in [6.07, 6.45) is 1.53. The molecule has 0 unspecified atom stereocenters. The van der Waals surface area contributed by atoms with Crippen LogP contribution in [0.5, 0.6) is 0 Å². The Balaban J connectivity index is 1.86. The van der Waals surface area contributed by atoms with Crippen LogP contribution in [0.2, 0.25) is 5.02 Å². The van der Waals surface area contributed by atoms with E-state index in [9.17, 15) is 14.7 Å². The van der Waals surface area contributed by atoms with Gasteiger partial charge in [-0.1, -0.05) is 29.8 Å². The van der Waals surface area contributed by atoms with Gasteiger partial charge in [-0.05, 0) is 50.2 Å². The number of amides is 1. The van der Waals surface area contributed by atoms with Crippen LogP contribution in [0.25, 0.3) is 5.69 Å². The van der Waals surface area contributed by atoms with Crippen molar-refractivity contribution in [2.45, 2.75) is 13.8 Å². The number of carboxylic acid groups (broad SMARTS) is 1. The summed E-state index contributed by atoms with van der Waals surface area (Å²) < 4.78 is 1.85. The molecule has 0 spiro atoms. The number of carboxylic acids is 1. The summed E-state index contributed by atoms with van der Waals surface area (Å²) in [7, 11) is 0. The summed E-state index contributed by atoms with van der Waals surface area (Å²) in [5, 5.41) is 13.9. The molecule has 1 amide bonds. The van der Waals surface area contributed by atoms with Crippen LogP contribution in [0.1, 0.15) is 37.7 Å². The lowest BCUT2D eigenvalue weighted by atomic mass is 10.1. The van der Waals surface area contributed by atoms with E-state index in [1.54, 1.807) is 48.5 Å². The molecule has 3 rings (SSSR count). The van der Waals surface area contributed by atoms with Crippen LogP contribution in [0.4, 0.5) is 0 Å². The van der Waals surface area contributed by atoms with Crippen LogP contribution >= 0.6 is 11.6 Å². The molecular formula is C21H18ClN3O3. The Kier molecular flexibility index (Phi) is 5.61. The molecular weight excluding hydrogens is 378 g/mol. The Morgan fingerprint density at radius 3 is 2.57 bits per heavy atom. The monoisotopic (exact) mass is 395 g/mol. The van der Waals surface area contributed by atoms with Gasteiger partial charge in [-0.3, -0.25) is 4.79 Å². The number of aromatic nitrogens is 1. The Labute approximate surface area is 167 Å². The normalized spacial score (nSPS) is 11.0. The number of aromatic carboxylic acids is 1. The Bertz CT molecular complexity index is 1090. The van der Waals surface area contributed by atoms with Crippen molar-refractivity contribution in [3.8, 4) is 5.69 Å². The van der Waals surface area contributed by atoms with Crippen LogP contribution < -0.4 is 5.43 Å². The van der Waals surface area contributed by atoms with Crippen molar-refractivity contribution < 1.29 is 14.7 Å². The van der Waals surface area contributed by atoms with Gasteiger partial charge in [0.2, 0.25) is 0 Å². The quantitative estimate of drug-likeness (QED) is 0.501. The van der Waals surface area contributed by atoms with Gasteiger partial charge in [0.15, 0.2) is 0 Å². The third-order valence-electron chi connectivity index (χ3n) is 4.30. The van der Waals surface area contributed by atoms with Crippen molar-refractivity contribution in [3.05, 3.63) is 87.7 Å². The van der Waals surface area contributed by atoms with E-state index >= 15 is 0 Å². The van der Waals surface area contributed by atoms with E-state index in [1.165, 1.54) is 6.21 Å². The van der Waals surface area contributed by atoms with Gasteiger partial charge >= 0.3 is 5.97 Å². The third kappa shape index (κ3) is 3.97. The molecule has 0 saturated heterocycles. The highest BCUT2D eigenvalue weighted by Crippen LogP contribution is 2.23. The summed E-state index contributed by atoms with van der Waals surface area (Å²) in [5.41, 5.74) is 6.10. The minimum atomic E-state index is -0.993. The zero-order valence-corrected chi connectivity index (χ0v) is 16.1. The SMILES string of the molecule is Cc1cc(/C=N\NC(=O)c2cccc(Cl)c2)c(C)n1-c1ccccc1C(=O)O. The second-order valence-corrected chi connectivity index (χ2v) is 6.63. The number of rotatable bonds is 5. The van der Waals surface area contributed by atoms with E-state index in [0.29, 0.717) is 16.3 Å². The molecule has 0 fully saturated rings. The molecule has 2 aromatic carbocycles. The number of halogens is 1. The molecule has 7 heteroatoms. The molecule has 28 heavy (non-hydrogen) atoms. The number of carbonyl (C=O) groups excluding carboxylic acids is 1. The standard InChI is InChI=1S/C21H18ClN3O3/c1-13-10-16(12-23-24-20(26)15-6-5-7-17(22)11-15)14(2)25(13)19-9-4-3-8-18(19)21(27)28/h3-12H,1-2H3,(H,24,26)(H,27,28)/b23-12-. The van der Waals surface area contributed by atoms with Crippen LogP contribution in [0.3, 0.4) is 0 Å². The number of carbonyl (C=O) groups is 2. The molecule has 142 valence electrons. The van der Waals surface area contributed by atoms with Crippen molar-refractivity contribution in [1.29, 1.82) is 0 Å². The predicted octanol–water partition coefficient (Wildman–Crippen LogP) is 4.21. The second kappa shape index (κ2) is 8.10. The first kappa shape index (κ1) is 19.4. The minimum Gasteiger partial charge on any atom is -0.478 e. The molecule has 0 radical (unpaired) electrons. The third-order valence-corrected chi connectivity index (χ3v) is 4.54. The first-order valence-corrected chi connectivity index (χ1v) is 8.87. The van der Waals surface area contributed by atoms with Gasteiger partial charge in [-0.15, -0.1) is 0 Å². The topological polar surface area (TPSA) is 83.7 Å². The highest BCUT2D eigenvalue weighted by atomic mass is 35.5. The number of benzene rings is 2. The molecule has 0 bridgehead atoms. The van der Waals surface area contributed by atoms with Gasteiger partial charge in [0.25, 0.3) is 5.91 Å². The van der Waals surface area contributed by atoms with Gasteiger partial charge in [-0.25, -0.2) is 10.2 Å². The van der Waals surface area contributed by atoms with E-state index in [0.717, 1.165) is 17.0 Å². The minimum absolute atomic E-state index is 0.210. The van der Waals surface area contributed by atoms with Crippen molar-refractivity contribution >= 4 is 29.7 Å². The van der Waals surface area contributed by atoms with E-state index in [4.69, 9.17) is 11.6 Å². The fourth-order valence-electron chi connectivity index (χ4n) is 2.99. The fourth-order valence-corrected chi connectivity index (χ4v) is 3.18. The van der Waals surface area contributed by atoms with Crippen molar-refractivity contribution in [2.24, 2.45) is 5.10 Å². The summed E-state index contributed by atoms with van der Waals surface area (Å²) in [6, 6.07) is 15.3. The molecule has 2 N–H and O–H groups in total. The largest absolute Gasteiger partial charge is 0.478 e. The lowest BCUT2D eigenvalue weighted by molar-refractivity contribution is 0.0696. The van der Waals surface area contributed by atoms with Gasteiger partial charge in [0.1, 0.15) is 0 Å². The number of hydrogen-bond donors (Lipinski definition) is 2. The van der Waals surface area contributed by atoms with Gasteiger partial charge < -0.3 is 9.67 Å². The molecule has 0 aliphatic rings. The van der Waals surface area contributed by atoms with Gasteiger partial charge in [0, 0.05) is 27.5 Å². The lowest BCUT2D eigenvalue weighted by Gasteiger charge is -2.12. The molecule has 0 atom stereocenters. The van der Waals surface area contributed by atoms with Crippen molar-refractivity contribution in [3.63, 3.8) is 0 Å². The maximum Gasteiger partial charge on any atom is 0.337 e. The molecule has 3 aromatic rings. The van der Waals surface area contributed by atoms with Crippen LogP contribution in [0, 0.1) is 13.8 Å². The number of aryl methyl sites for hydroxylation is 1. The number of para-hydroxylation sites is 1. The number of hydrazone groups is 1. The van der Waals surface area contributed by atoms with E-state index in [1.807, 2.05) is 24.5 Å². The van der Waals surface area contributed by atoms with E-state index in [2.05, 4.69) is 10.5 Å². The molecule has 6 nitrogen and oxygen atoms in total. The Morgan fingerprint density at radius 2 is 1.86 bits per heavy atom. The molecule has 0 aliphatic heterocycles. The molecule has 1 aromatic heterocycles. The Morgan fingerprint density at radius 1 is 1.11 bits per heavy atom. The maximum absolute atomic E-state index is 12.1. The summed E-state index contributed by atoms with van der Waals surface area (Å²) >= 11 is 5.89. The number of nitrogens with one attached hydrogen (secondary N) is 1. The molecule has 0 saturated carbocycles. The molecule has 0 aliphatic carbocycles. The van der Waals surface area contributed by atoms with Crippen LogP contribution in [-0.4, -0.2) is 27.8 Å². The summed E-state index contributed by atoms with van der Waals surface area (Å²) in [5.74, 6) is -1.36. The van der Waals surface area contributed by atoms with Crippen molar-refractivity contribution in [1.82, 2.24) is 9.99 Å². The average Bonchev–Trinajstić information content (AvgIpc) is 2.95. The molecule has 1 heterocycles. The van der Waals surface area contributed by atoms with Crippen molar-refractivity contribution in [2.75, 3.05) is 0 Å². The fraction of sp³-hybridized carbons (Fsp3) is 0.0952. The average molecular weight is 396 g/mol. The maximum atomic E-state index is 12.1. The predicted molar refractivity (Wildman–Crippen MR) is 109 cm³/mol. The first-order valence-electron chi connectivity index (χ1n) is 8.49. The highest BCUT2D eigenvalue weighted by Gasteiger charge is 2.16. The van der Waals surface area contributed by atoms with Crippen LogP contribution in [0.15, 0.2) is 59.7 Å². The lowest BCUT2D eigenvalue weighted by Crippen LogP contribution is -2.17. The zero-order chi connectivity index (χ0) is 20.3. The number of nitrogens with zero attached hydrogens (tertiary/aromatic N) is 2.